The fraction of sp³-hybridized carbons (Fsp3) is 0.111. The summed E-state index contributed by atoms with van der Waals surface area (Å²) in [5.74, 6) is -0.179. The molecule has 0 spiro atoms. The lowest BCUT2D eigenvalue weighted by molar-refractivity contribution is 0.0952. The van der Waals surface area contributed by atoms with Gasteiger partial charge in [0, 0.05) is 28.5 Å². The average Bonchev–Trinajstić information content (AvgIpc) is 3.02. The second kappa shape index (κ2) is 6.14. The maximum Gasteiger partial charge on any atom is 0.252 e. The number of hydrogen-bond acceptors (Lipinski definition) is 4. The summed E-state index contributed by atoms with van der Waals surface area (Å²) in [5.41, 5.74) is 3.69. The number of pyridine rings is 1. The molecule has 0 aliphatic carbocycles. The first-order valence-electron chi connectivity index (χ1n) is 7.73. The number of aryl methyl sites for hydroxylation is 1. The number of hydrogen-bond donors (Lipinski definition) is 1. The Balaban J connectivity index is 1.65. The molecule has 1 aromatic carbocycles. The number of amides is 1. The summed E-state index contributed by atoms with van der Waals surface area (Å²) in [6.45, 7) is 2.22. The molecule has 0 saturated heterocycles. The highest BCUT2D eigenvalue weighted by Gasteiger charge is 2.13. The van der Waals surface area contributed by atoms with Gasteiger partial charge < -0.3 is 5.32 Å². The Bertz CT molecular complexity index is 1110. The summed E-state index contributed by atoms with van der Waals surface area (Å²) in [4.78, 5) is 25.5. The molecular weight excluding hydrogens is 338 g/mol. The number of imidazole rings is 1. The van der Waals surface area contributed by atoms with Gasteiger partial charge in [0.25, 0.3) is 5.91 Å². The Labute approximate surface area is 148 Å². The number of nitrogens with zero attached hydrogens (tertiary/aromatic N) is 4. The fourth-order valence-electron chi connectivity index (χ4n) is 2.81. The zero-order valence-electron chi connectivity index (χ0n) is 13.4. The number of rotatable bonds is 3. The van der Waals surface area contributed by atoms with Crippen molar-refractivity contribution in [3.63, 3.8) is 0 Å². The van der Waals surface area contributed by atoms with Crippen LogP contribution in [-0.2, 0) is 6.54 Å². The van der Waals surface area contributed by atoms with Crippen molar-refractivity contribution in [2.75, 3.05) is 0 Å². The van der Waals surface area contributed by atoms with E-state index in [0.29, 0.717) is 17.1 Å². The highest BCUT2D eigenvalue weighted by molar-refractivity contribution is 6.31. The summed E-state index contributed by atoms with van der Waals surface area (Å²) < 4.78 is 1.89. The normalized spacial score (nSPS) is 11.1. The third-order valence-electron chi connectivity index (χ3n) is 3.97. The molecule has 0 saturated carbocycles. The van der Waals surface area contributed by atoms with Crippen LogP contribution in [0.1, 0.15) is 21.7 Å². The zero-order valence-corrected chi connectivity index (χ0v) is 14.2. The van der Waals surface area contributed by atoms with E-state index in [2.05, 4.69) is 20.3 Å². The Hall–Kier alpha value is -2.99. The molecule has 0 bridgehead atoms. The van der Waals surface area contributed by atoms with Gasteiger partial charge in [-0.05, 0) is 31.2 Å². The first-order chi connectivity index (χ1) is 12.1. The molecule has 6 nitrogen and oxygen atoms in total. The molecule has 7 heteroatoms. The second-order valence-electron chi connectivity index (χ2n) is 5.71. The predicted molar refractivity (Wildman–Crippen MR) is 95.6 cm³/mol. The number of nitrogens with one attached hydrogen (secondary N) is 1. The Morgan fingerprint density at radius 3 is 3.04 bits per heavy atom. The van der Waals surface area contributed by atoms with E-state index in [1.54, 1.807) is 36.8 Å². The molecule has 3 aromatic heterocycles. The van der Waals surface area contributed by atoms with Crippen LogP contribution in [-0.4, -0.2) is 25.3 Å². The summed E-state index contributed by atoms with van der Waals surface area (Å²) in [7, 11) is 0. The van der Waals surface area contributed by atoms with Crippen LogP contribution in [0, 0.1) is 6.92 Å². The molecule has 4 aromatic rings. The van der Waals surface area contributed by atoms with E-state index < -0.39 is 0 Å². The van der Waals surface area contributed by atoms with E-state index in [-0.39, 0.29) is 5.91 Å². The quantitative estimate of drug-likeness (QED) is 0.615. The van der Waals surface area contributed by atoms with Crippen LogP contribution in [0.15, 0.2) is 49.1 Å². The molecule has 0 fully saturated rings. The van der Waals surface area contributed by atoms with Crippen molar-refractivity contribution in [3.05, 3.63) is 71.0 Å². The lowest BCUT2D eigenvalue weighted by atomic mass is 10.1. The highest BCUT2D eigenvalue weighted by atomic mass is 35.5. The Morgan fingerprint density at radius 2 is 2.16 bits per heavy atom. The van der Waals surface area contributed by atoms with Gasteiger partial charge in [-0.1, -0.05) is 11.6 Å². The lowest BCUT2D eigenvalue weighted by Crippen LogP contribution is -2.24. The van der Waals surface area contributed by atoms with Gasteiger partial charge in [0.2, 0.25) is 0 Å². The maximum absolute atomic E-state index is 12.7. The summed E-state index contributed by atoms with van der Waals surface area (Å²) in [6, 6.07) is 7.12. The molecular formula is C18H14ClN5O. The van der Waals surface area contributed by atoms with Gasteiger partial charge in [-0.3, -0.25) is 19.2 Å². The second-order valence-corrected chi connectivity index (χ2v) is 6.15. The molecule has 0 radical (unpaired) electrons. The molecule has 0 unspecified atom stereocenters. The molecule has 25 heavy (non-hydrogen) atoms. The van der Waals surface area contributed by atoms with E-state index in [0.717, 1.165) is 27.9 Å². The van der Waals surface area contributed by atoms with E-state index in [4.69, 9.17) is 11.6 Å². The maximum atomic E-state index is 12.7. The SMILES string of the molecule is Cc1cc(C(=O)NCc2cnc3cnccn23)c2cc(Cl)ccc2n1. The van der Waals surface area contributed by atoms with Crippen molar-refractivity contribution in [3.8, 4) is 0 Å². The zero-order chi connectivity index (χ0) is 17.4. The third-order valence-corrected chi connectivity index (χ3v) is 4.20. The molecule has 4 rings (SSSR count). The van der Waals surface area contributed by atoms with Gasteiger partial charge >= 0.3 is 0 Å². The van der Waals surface area contributed by atoms with Crippen LogP contribution in [0.5, 0.6) is 0 Å². The minimum atomic E-state index is -0.179. The summed E-state index contributed by atoms with van der Waals surface area (Å²) >= 11 is 6.08. The summed E-state index contributed by atoms with van der Waals surface area (Å²) in [6.07, 6.45) is 6.90. The minimum absolute atomic E-state index is 0.179. The van der Waals surface area contributed by atoms with Gasteiger partial charge in [-0.15, -0.1) is 0 Å². The van der Waals surface area contributed by atoms with Crippen molar-refractivity contribution in [1.82, 2.24) is 24.7 Å². The van der Waals surface area contributed by atoms with Crippen LogP contribution in [0.25, 0.3) is 16.6 Å². The van der Waals surface area contributed by atoms with E-state index in [9.17, 15) is 4.79 Å². The van der Waals surface area contributed by atoms with Crippen molar-refractivity contribution in [1.29, 1.82) is 0 Å². The largest absolute Gasteiger partial charge is 0.346 e. The fourth-order valence-corrected chi connectivity index (χ4v) is 2.98. The van der Waals surface area contributed by atoms with Gasteiger partial charge in [-0.25, -0.2) is 4.98 Å². The van der Waals surface area contributed by atoms with E-state index in [1.165, 1.54) is 0 Å². The number of benzene rings is 1. The van der Waals surface area contributed by atoms with Crippen molar-refractivity contribution in [2.24, 2.45) is 0 Å². The predicted octanol–water partition coefficient (Wildman–Crippen LogP) is 3.17. The lowest BCUT2D eigenvalue weighted by Gasteiger charge is -2.09. The average molecular weight is 352 g/mol. The minimum Gasteiger partial charge on any atom is -0.346 e. The van der Waals surface area contributed by atoms with Crippen molar-refractivity contribution >= 4 is 34.1 Å². The Morgan fingerprint density at radius 1 is 1.28 bits per heavy atom. The van der Waals surface area contributed by atoms with Gasteiger partial charge in [0.15, 0.2) is 5.65 Å². The van der Waals surface area contributed by atoms with E-state index in [1.807, 2.05) is 23.6 Å². The first kappa shape index (κ1) is 15.5. The molecule has 1 amide bonds. The molecule has 124 valence electrons. The summed E-state index contributed by atoms with van der Waals surface area (Å²) in [5, 5.41) is 4.25. The van der Waals surface area contributed by atoms with Gasteiger partial charge in [0.05, 0.1) is 35.7 Å². The van der Waals surface area contributed by atoms with Crippen LogP contribution in [0.3, 0.4) is 0 Å². The smallest absolute Gasteiger partial charge is 0.252 e. The number of aromatic nitrogens is 4. The molecule has 0 atom stereocenters. The molecule has 0 aliphatic heterocycles. The third kappa shape index (κ3) is 2.92. The van der Waals surface area contributed by atoms with Gasteiger partial charge in [-0.2, -0.15) is 0 Å². The van der Waals surface area contributed by atoms with Gasteiger partial charge in [0.1, 0.15) is 0 Å². The van der Waals surface area contributed by atoms with E-state index >= 15 is 0 Å². The van der Waals surface area contributed by atoms with Crippen molar-refractivity contribution < 1.29 is 4.79 Å². The number of carbonyl (C=O) groups is 1. The molecule has 0 aliphatic rings. The molecule has 3 heterocycles. The number of halogens is 1. The first-order valence-corrected chi connectivity index (χ1v) is 8.11. The highest BCUT2D eigenvalue weighted by Crippen LogP contribution is 2.22. The Kier molecular flexibility index (Phi) is 3.82. The number of carbonyl (C=O) groups excluding carboxylic acids is 1. The molecule has 1 N–H and O–H groups in total. The topological polar surface area (TPSA) is 72.2 Å². The van der Waals surface area contributed by atoms with Crippen molar-refractivity contribution in [2.45, 2.75) is 13.5 Å². The van der Waals surface area contributed by atoms with Crippen LogP contribution >= 0.6 is 11.6 Å². The van der Waals surface area contributed by atoms with Crippen LogP contribution in [0.4, 0.5) is 0 Å². The van der Waals surface area contributed by atoms with Crippen LogP contribution in [0.2, 0.25) is 5.02 Å². The number of fused-ring (bicyclic) bond motifs is 2. The standard InChI is InChI=1S/C18H14ClN5O/c1-11-6-15(14-7-12(19)2-3-16(14)23-11)18(25)22-9-13-8-21-17-10-20-4-5-24(13)17/h2-8,10H,9H2,1H3,(H,22,25). The monoisotopic (exact) mass is 351 g/mol. The van der Waals surface area contributed by atoms with Crippen LogP contribution < -0.4 is 5.32 Å².